The number of aromatic nitrogens is 5. The molecule has 4 aromatic rings. The molecule has 2 aromatic heterocycles. The van der Waals surface area contributed by atoms with Gasteiger partial charge in [-0.3, -0.25) is 14.7 Å². The summed E-state index contributed by atoms with van der Waals surface area (Å²) in [4.78, 5) is 12.4. The average molecular weight is 486 g/mol. The van der Waals surface area contributed by atoms with Crippen LogP contribution in [0.4, 0.5) is 10.8 Å². The van der Waals surface area contributed by atoms with Crippen LogP contribution < -0.4 is 10.6 Å². The topological polar surface area (TPSA) is 97.6 Å². The Balaban J connectivity index is 1.48. The summed E-state index contributed by atoms with van der Waals surface area (Å²) in [6, 6.07) is 17.3. The van der Waals surface area contributed by atoms with Crippen LogP contribution in [0.1, 0.15) is 17.8 Å². The summed E-state index contributed by atoms with van der Waals surface area (Å²) >= 11 is 8.76. The molecule has 0 radical (unpaired) electrons. The Morgan fingerprint density at radius 2 is 1.94 bits per heavy atom. The van der Waals surface area contributed by atoms with Crippen LogP contribution in [0.25, 0.3) is 5.69 Å². The van der Waals surface area contributed by atoms with Crippen LogP contribution in [0.5, 0.6) is 0 Å². The number of aryl methyl sites for hydroxylation is 1. The molecule has 0 saturated heterocycles. The minimum atomic E-state index is -0.171. The van der Waals surface area contributed by atoms with E-state index < -0.39 is 0 Å². The van der Waals surface area contributed by atoms with E-state index in [0.29, 0.717) is 21.9 Å². The third-order valence-electron chi connectivity index (χ3n) is 4.34. The Bertz CT molecular complexity index is 1200. The maximum Gasteiger partial charge on any atom is 0.236 e. The summed E-state index contributed by atoms with van der Waals surface area (Å²) in [6.07, 6.45) is 0.786. The fourth-order valence-corrected chi connectivity index (χ4v) is 4.51. The van der Waals surface area contributed by atoms with E-state index in [0.717, 1.165) is 28.6 Å². The van der Waals surface area contributed by atoms with Crippen LogP contribution in [0.15, 0.2) is 59.8 Å². The van der Waals surface area contributed by atoms with Gasteiger partial charge in [-0.2, -0.15) is 0 Å². The molecule has 0 spiro atoms. The SMILES string of the molecule is CCc1nnc(NC(=O)CSc2nnc(CNc3cccc(Cl)c3)n2-c2ccccc2)s1. The van der Waals surface area contributed by atoms with Gasteiger partial charge >= 0.3 is 0 Å². The molecule has 4 rings (SSSR count). The molecule has 2 heterocycles. The Morgan fingerprint density at radius 1 is 1.09 bits per heavy atom. The summed E-state index contributed by atoms with van der Waals surface area (Å²) in [5.41, 5.74) is 1.80. The standard InChI is InChI=1S/C21H20ClN7OS2/c1-2-19-26-27-20(32-19)24-18(30)13-31-21-28-25-17(29(21)16-9-4-3-5-10-16)12-23-15-8-6-7-14(22)11-15/h3-11,23H,2,12-13H2,1H3,(H,24,27,30). The quantitative estimate of drug-likeness (QED) is 0.332. The van der Waals surface area contributed by atoms with Crippen molar-refractivity contribution in [3.63, 3.8) is 0 Å². The first kappa shape index (κ1) is 22.3. The van der Waals surface area contributed by atoms with Crippen molar-refractivity contribution >= 4 is 51.4 Å². The number of carbonyl (C=O) groups is 1. The lowest BCUT2D eigenvalue weighted by molar-refractivity contribution is -0.113. The van der Waals surface area contributed by atoms with E-state index in [1.54, 1.807) is 0 Å². The number of carbonyl (C=O) groups excluding carboxylic acids is 1. The predicted octanol–water partition coefficient (Wildman–Crippen LogP) is 4.68. The zero-order valence-electron chi connectivity index (χ0n) is 17.2. The van der Waals surface area contributed by atoms with Crippen molar-refractivity contribution < 1.29 is 4.79 Å². The molecule has 164 valence electrons. The highest BCUT2D eigenvalue weighted by Crippen LogP contribution is 2.24. The van der Waals surface area contributed by atoms with Gasteiger partial charge < -0.3 is 5.32 Å². The molecule has 0 unspecified atom stereocenters. The fourth-order valence-electron chi connectivity index (χ4n) is 2.86. The number of nitrogens with zero attached hydrogens (tertiary/aromatic N) is 5. The van der Waals surface area contributed by atoms with Gasteiger partial charge in [0.25, 0.3) is 0 Å². The van der Waals surface area contributed by atoms with E-state index in [9.17, 15) is 4.79 Å². The number of para-hydroxylation sites is 1. The van der Waals surface area contributed by atoms with Gasteiger partial charge in [-0.15, -0.1) is 20.4 Å². The molecule has 32 heavy (non-hydrogen) atoms. The zero-order chi connectivity index (χ0) is 22.3. The van der Waals surface area contributed by atoms with Crippen LogP contribution in [-0.4, -0.2) is 36.6 Å². The first-order chi connectivity index (χ1) is 15.6. The van der Waals surface area contributed by atoms with Gasteiger partial charge in [0.1, 0.15) is 5.01 Å². The highest BCUT2D eigenvalue weighted by Gasteiger charge is 2.16. The van der Waals surface area contributed by atoms with Gasteiger partial charge in [0.05, 0.1) is 12.3 Å². The number of thioether (sulfide) groups is 1. The molecular weight excluding hydrogens is 466 g/mol. The molecule has 0 saturated carbocycles. The van der Waals surface area contributed by atoms with E-state index in [2.05, 4.69) is 31.0 Å². The number of amides is 1. The lowest BCUT2D eigenvalue weighted by Crippen LogP contribution is -2.14. The van der Waals surface area contributed by atoms with Gasteiger partial charge in [-0.1, -0.05) is 65.9 Å². The van der Waals surface area contributed by atoms with Gasteiger partial charge in [-0.25, -0.2) is 0 Å². The van der Waals surface area contributed by atoms with Gasteiger partial charge in [-0.05, 0) is 36.8 Å². The number of hydrogen-bond donors (Lipinski definition) is 2. The number of benzene rings is 2. The zero-order valence-corrected chi connectivity index (χ0v) is 19.5. The average Bonchev–Trinajstić information content (AvgIpc) is 3.43. The fraction of sp³-hybridized carbons (Fsp3) is 0.190. The molecule has 8 nitrogen and oxygen atoms in total. The van der Waals surface area contributed by atoms with Crippen LogP contribution in [-0.2, 0) is 17.8 Å². The Labute approximate surface area is 198 Å². The Kier molecular flexibility index (Phi) is 7.35. The number of anilines is 2. The maximum absolute atomic E-state index is 12.4. The summed E-state index contributed by atoms with van der Waals surface area (Å²) in [7, 11) is 0. The third kappa shape index (κ3) is 5.64. The Morgan fingerprint density at radius 3 is 2.69 bits per heavy atom. The van der Waals surface area contributed by atoms with Crippen LogP contribution in [0.2, 0.25) is 5.02 Å². The van der Waals surface area contributed by atoms with Crippen molar-refractivity contribution in [3.05, 3.63) is 70.5 Å². The molecule has 0 aliphatic rings. The first-order valence-electron chi connectivity index (χ1n) is 9.86. The Hall–Kier alpha value is -2.95. The minimum absolute atomic E-state index is 0.171. The van der Waals surface area contributed by atoms with Crippen LogP contribution >= 0.6 is 34.7 Å². The molecule has 11 heteroatoms. The molecule has 2 N–H and O–H groups in total. The number of halogens is 1. The van der Waals surface area contributed by atoms with Gasteiger partial charge in [0.2, 0.25) is 11.0 Å². The van der Waals surface area contributed by atoms with E-state index in [-0.39, 0.29) is 11.7 Å². The maximum atomic E-state index is 12.4. The van der Waals surface area contributed by atoms with E-state index >= 15 is 0 Å². The highest BCUT2D eigenvalue weighted by atomic mass is 35.5. The number of rotatable bonds is 9. The summed E-state index contributed by atoms with van der Waals surface area (Å²) in [5, 5.41) is 25.5. The molecule has 2 aromatic carbocycles. The summed E-state index contributed by atoms with van der Waals surface area (Å²) < 4.78 is 1.94. The lowest BCUT2D eigenvalue weighted by atomic mass is 10.3. The molecule has 0 aliphatic carbocycles. The van der Waals surface area contributed by atoms with Crippen LogP contribution in [0, 0.1) is 0 Å². The summed E-state index contributed by atoms with van der Waals surface area (Å²) in [5.74, 6) is 0.721. The van der Waals surface area contributed by atoms with Crippen molar-refractivity contribution in [2.75, 3.05) is 16.4 Å². The lowest BCUT2D eigenvalue weighted by Gasteiger charge is -2.11. The van der Waals surface area contributed by atoms with Crippen molar-refractivity contribution in [3.8, 4) is 5.69 Å². The van der Waals surface area contributed by atoms with Crippen molar-refractivity contribution in [2.24, 2.45) is 0 Å². The molecule has 0 fully saturated rings. The minimum Gasteiger partial charge on any atom is -0.378 e. The predicted molar refractivity (Wildman–Crippen MR) is 129 cm³/mol. The van der Waals surface area contributed by atoms with Crippen LogP contribution in [0.3, 0.4) is 0 Å². The van der Waals surface area contributed by atoms with Gasteiger partial charge in [0, 0.05) is 16.4 Å². The molecule has 0 atom stereocenters. The monoisotopic (exact) mass is 485 g/mol. The van der Waals surface area contributed by atoms with E-state index in [1.165, 1.54) is 23.1 Å². The smallest absolute Gasteiger partial charge is 0.236 e. The second-order valence-corrected chi connectivity index (χ2v) is 9.07. The highest BCUT2D eigenvalue weighted by molar-refractivity contribution is 7.99. The van der Waals surface area contributed by atoms with E-state index in [4.69, 9.17) is 11.6 Å². The largest absolute Gasteiger partial charge is 0.378 e. The second-order valence-electron chi connectivity index (χ2n) is 6.63. The molecule has 0 aliphatic heterocycles. The third-order valence-corrected chi connectivity index (χ3v) is 6.49. The van der Waals surface area contributed by atoms with Crippen molar-refractivity contribution in [2.45, 2.75) is 25.0 Å². The summed E-state index contributed by atoms with van der Waals surface area (Å²) in [6.45, 7) is 2.44. The first-order valence-corrected chi connectivity index (χ1v) is 12.0. The van der Waals surface area contributed by atoms with E-state index in [1.807, 2.05) is 66.1 Å². The molecule has 0 bridgehead atoms. The number of nitrogens with one attached hydrogen (secondary N) is 2. The second kappa shape index (κ2) is 10.6. The van der Waals surface area contributed by atoms with Gasteiger partial charge in [0.15, 0.2) is 11.0 Å². The number of hydrogen-bond acceptors (Lipinski definition) is 8. The normalized spacial score (nSPS) is 10.8. The molecule has 1 amide bonds. The van der Waals surface area contributed by atoms with Crippen molar-refractivity contribution in [1.82, 2.24) is 25.0 Å². The van der Waals surface area contributed by atoms with Crippen molar-refractivity contribution in [1.29, 1.82) is 0 Å². The molecular formula is C21H20ClN7OS2.